The first-order chi connectivity index (χ1) is 21.4. The molecule has 1 amide bonds. The Bertz CT molecular complexity index is 1590. The van der Waals surface area contributed by atoms with Crippen molar-refractivity contribution in [2.75, 3.05) is 11.9 Å². The molecule has 0 saturated heterocycles. The van der Waals surface area contributed by atoms with Crippen molar-refractivity contribution in [3.8, 4) is 11.1 Å². The average molecular weight is 591 g/mol. The smallest absolute Gasteiger partial charge is 0.411 e. The minimum absolute atomic E-state index is 0.000120. The van der Waals surface area contributed by atoms with Crippen LogP contribution in [0.25, 0.3) is 11.1 Å². The normalized spacial score (nSPS) is 17.4. The molecule has 6 nitrogen and oxygen atoms in total. The van der Waals surface area contributed by atoms with Crippen LogP contribution < -0.4 is 5.32 Å². The number of aliphatic imine (C=N–C) groups is 2. The second-order valence-electron chi connectivity index (χ2n) is 11.1. The number of nitrogens with one attached hydrogen (secondary N) is 1. The Balaban J connectivity index is 1.15. The second kappa shape index (κ2) is 14.6. The van der Waals surface area contributed by atoms with Crippen LogP contribution in [0.5, 0.6) is 0 Å². The number of hydrogen-bond donors (Lipinski definition) is 1. The Labute approximate surface area is 259 Å². The van der Waals surface area contributed by atoms with Crippen LogP contribution in [0.15, 0.2) is 124 Å². The molecule has 0 aromatic heterocycles. The van der Waals surface area contributed by atoms with Gasteiger partial charge in [-0.25, -0.2) is 14.2 Å². The van der Waals surface area contributed by atoms with Crippen molar-refractivity contribution in [2.45, 2.75) is 59.0 Å². The van der Waals surface area contributed by atoms with Crippen molar-refractivity contribution < 1.29 is 13.9 Å². The molecule has 2 unspecified atom stereocenters. The van der Waals surface area contributed by atoms with E-state index in [0.29, 0.717) is 23.5 Å². The molecule has 2 aliphatic heterocycles. The number of amidine groups is 1. The predicted octanol–water partition coefficient (Wildman–Crippen LogP) is 8.68. The molecule has 2 heterocycles. The Morgan fingerprint density at radius 3 is 2.43 bits per heavy atom. The molecule has 2 atom stereocenters. The maximum atomic E-state index is 14.1. The summed E-state index contributed by atoms with van der Waals surface area (Å²) >= 11 is 0. The second-order valence-corrected chi connectivity index (χ2v) is 11.1. The molecule has 5 rings (SSSR count). The molecule has 44 heavy (non-hydrogen) atoms. The Morgan fingerprint density at radius 1 is 1.05 bits per heavy atom. The lowest BCUT2D eigenvalue weighted by atomic mass is 10.0. The van der Waals surface area contributed by atoms with Crippen molar-refractivity contribution in [1.29, 1.82) is 0 Å². The van der Waals surface area contributed by atoms with Crippen LogP contribution in [0.4, 0.5) is 14.9 Å². The molecular weight excluding hydrogens is 551 g/mol. The molecular formula is C37H39FN4O2. The molecule has 2 aliphatic rings. The summed E-state index contributed by atoms with van der Waals surface area (Å²) in [5.74, 6) is 0.672. The van der Waals surface area contributed by atoms with E-state index >= 15 is 0 Å². The van der Waals surface area contributed by atoms with E-state index in [9.17, 15) is 9.18 Å². The number of amides is 1. The van der Waals surface area contributed by atoms with E-state index in [1.165, 1.54) is 5.56 Å². The van der Waals surface area contributed by atoms with Crippen molar-refractivity contribution in [1.82, 2.24) is 4.90 Å². The maximum Gasteiger partial charge on any atom is 0.411 e. The van der Waals surface area contributed by atoms with E-state index in [0.717, 1.165) is 47.5 Å². The first-order valence-corrected chi connectivity index (χ1v) is 15.1. The molecule has 3 aromatic carbocycles. The van der Waals surface area contributed by atoms with E-state index in [4.69, 9.17) is 14.7 Å². The van der Waals surface area contributed by atoms with Gasteiger partial charge in [-0.05, 0) is 79.6 Å². The van der Waals surface area contributed by atoms with Gasteiger partial charge in [0.05, 0.1) is 11.8 Å². The fraction of sp³-hybridized carbons (Fsp3) is 0.270. The SMILES string of the molecule is C/C=C\C/C(C1=NC2CCN(Cc3ccc(-c4ccc(NC(=O)OCc5ccccc5)cc4)cc3)C=CC2=N1)=C(/C)C(C)F. The minimum Gasteiger partial charge on any atom is -0.444 e. The van der Waals surface area contributed by atoms with Gasteiger partial charge in [0.2, 0.25) is 0 Å². The van der Waals surface area contributed by atoms with Crippen LogP contribution in [0.3, 0.4) is 0 Å². The van der Waals surface area contributed by atoms with Gasteiger partial charge >= 0.3 is 6.09 Å². The zero-order chi connectivity index (χ0) is 30.9. The monoisotopic (exact) mass is 590 g/mol. The van der Waals surface area contributed by atoms with Crippen LogP contribution in [-0.4, -0.2) is 41.3 Å². The third kappa shape index (κ3) is 7.98. The summed E-state index contributed by atoms with van der Waals surface area (Å²) in [6, 6.07) is 25.9. The summed E-state index contributed by atoms with van der Waals surface area (Å²) in [6.07, 6.45) is 8.13. The number of halogens is 1. The van der Waals surface area contributed by atoms with Gasteiger partial charge in [0.15, 0.2) is 5.84 Å². The van der Waals surface area contributed by atoms with Gasteiger partial charge in [-0.15, -0.1) is 0 Å². The van der Waals surface area contributed by atoms with Gasteiger partial charge in [0.25, 0.3) is 0 Å². The number of benzene rings is 3. The summed E-state index contributed by atoms with van der Waals surface area (Å²) < 4.78 is 19.5. The molecule has 0 aliphatic carbocycles. The van der Waals surface area contributed by atoms with Gasteiger partial charge < -0.3 is 9.64 Å². The van der Waals surface area contributed by atoms with Crippen molar-refractivity contribution in [3.05, 3.63) is 126 Å². The van der Waals surface area contributed by atoms with Crippen LogP contribution >= 0.6 is 0 Å². The third-order valence-corrected chi connectivity index (χ3v) is 7.92. The fourth-order valence-corrected chi connectivity index (χ4v) is 5.19. The summed E-state index contributed by atoms with van der Waals surface area (Å²) in [5.41, 5.74) is 7.52. The zero-order valence-corrected chi connectivity index (χ0v) is 25.5. The molecule has 0 saturated carbocycles. The number of fused-ring (bicyclic) bond motifs is 1. The number of rotatable bonds is 10. The van der Waals surface area contributed by atoms with E-state index in [-0.39, 0.29) is 12.6 Å². The lowest BCUT2D eigenvalue weighted by Gasteiger charge is -2.19. The van der Waals surface area contributed by atoms with Crippen LogP contribution in [0, 0.1) is 0 Å². The van der Waals surface area contributed by atoms with Crippen molar-refractivity contribution in [2.24, 2.45) is 9.98 Å². The lowest BCUT2D eigenvalue weighted by molar-refractivity contribution is 0.155. The predicted molar refractivity (Wildman–Crippen MR) is 178 cm³/mol. The van der Waals surface area contributed by atoms with E-state index in [2.05, 4.69) is 46.8 Å². The summed E-state index contributed by atoms with van der Waals surface area (Å²) in [6.45, 7) is 7.24. The topological polar surface area (TPSA) is 66.3 Å². The van der Waals surface area contributed by atoms with Gasteiger partial charge in [-0.2, -0.15) is 0 Å². The summed E-state index contributed by atoms with van der Waals surface area (Å²) in [7, 11) is 0. The number of hydrogen-bond acceptors (Lipinski definition) is 5. The molecule has 0 radical (unpaired) electrons. The number of carbonyl (C=O) groups excluding carboxylic acids is 1. The number of carbonyl (C=O) groups is 1. The molecule has 226 valence electrons. The quantitative estimate of drug-likeness (QED) is 0.240. The van der Waals surface area contributed by atoms with E-state index in [1.54, 1.807) is 6.92 Å². The first-order valence-electron chi connectivity index (χ1n) is 15.1. The molecule has 0 bridgehead atoms. The Morgan fingerprint density at radius 2 is 1.75 bits per heavy atom. The van der Waals surface area contributed by atoms with Crippen molar-refractivity contribution in [3.63, 3.8) is 0 Å². The Hall–Kier alpha value is -4.78. The lowest BCUT2D eigenvalue weighted by Crippen LogP contribution is -2.20. The van der Waals surface area contributed by atoms with Gasteiger partial charge in [0.1, 0.15) is 12.8 Å². The minimum atomic E-state index is -1.03. The number of anilines is 1. The summed E-state index contributed by atoms with van der Waals surface area (Å²) in [5, 5.41) is 2.78. The van der Waals surface area contributed by atoms with E-state index < -0.39 is 12.3 Å². The highest BCUT2D eigenvalue weighted by Crippen LogP contribution is 2.26. The molecule has 3 aromatic rings. The highest BCUT2D eigenvalue weighted by molar-refractivity contribution is 6.16. The van der Waals surface area contributed by atoms with Crippen LogP contribution in [0.2, 0.25) is 0 Å². The van der Waals surface area contributed by atoms with Gasteiger partial charge in [-0.3, -0.25) is 10.3 Å². The van der Waals surface area contributed by atoms with Gasteiger partial charge in [-0.1, -0.05) is 78.9 Å². The molecule has 1 N–H and O–H groups in total. The standard InChI is InChI=1S/C37H39FN4O2/c1-4-5-11-33(26(2)27(3)38)36-40-34-20-22-42(23-21-35(34)41-36)24-28-12-14-30(15-13-28)31-16-18-32(19-17-31)39-37(43)44-25-29-9-7-6-8-10-29/h4-10,12-20,22,27,35H,11,21,23-25H2,1-3H3,(H,39,43)/b5-4-,33-26+. The highest BCUT2D eigenvalue weighted by Gasteiger charge is 2.26. The number of nitrogens with zero attached hydrogens (tertiary/aromatic N) is 3. The third-order valence-electron chi connectivity index (χ3n) is 7.92. The highest BCUT2D eigenvalue weighted by atomic mass is 19.1. The van der Waals surface area contributed by atoms with E-state index in [1.807, 2.05) is 80.6 Å². The largest absolute Gasteiger partial charge is 0.444 e. The average Bonchev–Trinajstić information content (AvgIpc) is 3.35. The molecule has 0 fully saturated rings. The number of ether oxygens (including phenoxy) is 1. The zero-order valence-electron chi connectivity index (χ0n) is 25.5. The summed E-state index contributed by atoms with van der Waals surface area (Å²) in [4.78, 5) is 24.2. The van der Waals surface area contributed by atoms with Crippen LogP contribution in [-0.2, 0) is 17.9 Å². The van der Waals surface area contributed by atoms with Crippen molar-refractivity contribution >= 4 is 23.3 Å². The first kappa shape index (κ1) is 30.7. The molecule has 0 spiro atoms. The number of allylic oxidation sites excluding steroid dienone is 3. The fourth-order valence-electron chi connectivity index (χ4n) is 5.19. The molecule has 7 heteroatoms. The Kier molecular flexibility index (Phi) is 10.2. The van der Waals surface area contributed by atoms with Crippen LogP contribution in [0.1, 0.15) is 44.7 Å². The number of alkyl halides is 1. The maximum absolute atomic E-state index is 14.1. The van der Waals surface area contributed by atoms with Gasteiger partial charge in [0, 0.05) is 30.5 Å².